The zero-order valence-corrected chi connectivity index (χ0v) is 15.5. The van der Waals surface area contributed by atoms with Gasteiger partial charge in [0.1, 0.15) is 10.8 Å². The highest BCUT2D eigenvalue weighted by molar-refractivity contribution is 6.32. The minimum atomic E-state index is -0.617. The van der Waals surface area contributed by atoms with E-state index in [4.69, 9.17) is 11.6 Å². The third kappa shape index (κ3) is 4.45. The van der Waals surface area contributed by atoms with E-state index in [9.17, 15) is 24.1 Å². The van der Waals surface area contributed by atoms with Gasteiger partial charge in [-0.15, -0.1) is 0 Å². The van der Waals surface area contributed by atoms with Crippen LogP contribution in [0.15, 0.2) is 42.5 Å². The molecule has 2 aromatic rings. The number of nitrogens with zero attached hydrogens (tertiary/aromatic N) is 2. The van der Waals surface area contributed by atoms with Gasteiger partial charge in [-0.2, -0.15) is 0 Å². The summed E-state index contributed by atoms with van der Waals surface area (Å²) in [7, 11) is 0. The minimum Gasteiger partial charge on any atom is -0.339 e. The van der Waals surface area contributed by atoms with E-state index in [1.54, 1.807) is 11.0 Å². The van der Waals surface area contributed by atoms with Crippen molar-refractivity contribution < 1.29 is 18.9 Å². The Balaban J connectivity index is 1.59. The van der Waals surface area contributed by atoms with E-state index in [1.807, 2.05) is 0 Å². The van der Waals surface area contributed by atoms with Gasteiger partial charge in [-0.25, -0.2) is 4.39 Å². The maximum Gasteiger partial charge on any atom is 0.289 e. The molecule has 1 fully saturated rings. The van der Waals surface area contributed by atoms with Gasteiger partial charge >= 0.3 is 0 Å². The Hall–Kier alpha value is -3.00. The molecule has 1 aliphatic heterocycles. The summed E-state index contributed by atoms with van der Waals surface area (Å²) in [5.41, 5.74) is 0.283. The normalized spacial score (nSPS) is 14.6. The number of hydrogen-bond acceptors (Lipinski definition) is 4. The summed E-state index contributed by atoms with van der Waals surface area (Å²) in [6, 6.07) is 9.56. The first-order valence-corrected chi connectivity index (χ1v) is 9.02. The summed E-state index contributed by atoms with van der Waals surface area (Å²) < 4.78 is 13.3. The summed E-state index contributed by atoms with van der Waals surface area (Å²) in [5, 5.41) is 13.6. The molecular weight excluding hydrogens is 389 g/mol. The summed E-state index contributed by atoms with van der Waals surface area (Å²) in [6.07, 6.45) is 0.894. The summed E-state index contributed by atoms with van der Waals surface area (Å²) in [6.45, 7) is 0.738. The third-order valence-electron chi connectivity index (χ3n) is 4.63. The van der Waals surface area contributed by atoms with Crippen LogP contribution < -0.4 is 5.32 Å². The lowest BCUT2D eigenvalue weighted by Crippen LogP contribution is -2.41. The number of nitrogens with one attached hydrogen (secondary N) is 1. The topological polar surface area (TPSA) is 92.5 Å². The van der Waals surface area contributed by atoms with Crippen LogP contribution in [0.3, 0.4) is 0 Å². The zero-order chi connectivity index (χ0) is 20.3. The lowest BCUT2D eigenvalue weighted by Gasteiger charge is -2.31. The number of halogens is 2. The minimum absolute atomic E-state index is 0.00725. The number of nitro groups is 1. The van der Waals surface area contributed by atoms with E-state index >= 15 is 0 Å². The first-order chi connectivity index (χ1) is 13.3. The first-order valence-electron chi connectivity index (χ1n) is 8.65. The molecule has 2 amide bonds. The Labute approximate surface area is 165 Å². The van der Waals surface area contributed by atoms with Gasteiger partial charge in [0.25, 0.3) is 11.6 Å². The molecule has 1 N–H and O–H groups in total. The monoisotopic (exact) mass is 405 g/mol. The van der Waals surface area contributed by atoms with Crippen LogP contribution in [0.2, 0.25) is 5.02 Å². The molecule has 0 atom stereocenters. The van der Waals surface area contributed by atoms with E-state index < -0.39 is 10.7 Å². The highest BCUT2D eigenvalue weighted by atomic mass is 35.5. The number of hydrogen-bond donors (Lipinski definition) is 1. The van der Waals surface area contributed by atoms with Crippen LogP contribution in [0.4, 0.5) is 15.8 Å². The van der Waals surface area contributed by atoms with Crippen molar-refractivity contribution >= 4 is 34.8 Å². The lowest BCUT2D eigenvalue weighted by atomic mass is 9.95. The maximum atomic E-state index is 13.3. The van der Waals surface area contributed by atoms with E-state index in [1.165, 1.54) is 36.4 Å². The van der Waals surface area contributed by atoms with Gasteiger partial charge in [0, 0.05) is 36.3 Å². The smallest absolute Gasteiger partial charge is 0.289 e. The highest BCUT2D eigenvalue weighted by Gasteiger charge is 2.28. The summed E-state index contributed by atoms with van der Waals surface area (Å²) >= 11 is 5.77. The summed E-state index contributed by atoms with van der Waals surface area (Å²) in [4.78, 5) is 36.8. The molecule has 2 aromatic carbocycles. The Morgan fingerprint density at radius 1 is 1.18 bits per heavy atom. The van der Waals surface area contributed by atoms with Crippen LogP contribution in [0.1, 0.15) is 23.2 Å². The van der Waals surface area contributed by atoms with Crippen LogP contribution in [-0.4, -0.2) is 34.7 Å². The van der Waals surface area contributed by atoms with Crippen LogP contribution >= 0.6 is 11.6 Å². The zero-order valence-electron chi connectivity index (χ0n) is 14.7. The number of nitro benzene ring substituents is 1. The van der Waals surface area contributed by atoms with Crippen molar-refractivity contribution in [3.05, 3.63) is 69.0 Å². The number of amides is 2. The predicted molar refractivity (Wildman–Crippen MR) is 102 cm³/mol. The maximum absolute atomic E-state index is 13.3. The SMILES string of the molecule is O=C(Nc1ccc(Cl)c([N+](=O)[O-])c1)C1CCN(C(=O)c2cccc(F)c2)CC1. The fourth-order valence-corrected chi connectivity index (χ4v) is 3.31. The predicted octanol–water partition coefficient (Wildman–Crippen LogP) is 3.88. The molecule has 9 heteroatoms. The molecule has 0 aliphatic carbocycles. The fraction of sp³-hybridized carbons (Fsp3) is 0.263. The molecule has 1 aliphatic rings. The van der Waals surface area contributed by atoms with E-state index in [0.29, 0.717) is 31.6 Å². The van der Waals surface area contributed by atoms with E-state index in [-0.39, 0.29) is 34.0 Å². The van der Waals surface area contributed by atoms with Crippen molar-refractivity contribution in [2.45, 2.75) is 12.8 Å². The molecule has 1 saturated heterocycles. The van der Waals surface area contributed by atoms with Crippen molar-refractivity contribution in [2.24, 2.45) is 5.92 Å². The van der Waals surface area contributed by atoms with Crippen molar-refractivity contribution in [3.8, 4) is 0 Å². The van der Waals surface area contributed by atoms with Crippen LogP contribution in [0.25, 0.3) is 0 Å². The molecule has 0 spiro atoms. The second-order valence-electron chi connectivity index (χ2n) is 6.49. The molecule has 28 heavy (non-hydrogen) atoms. The molecular formula is C19H17ClFN3O4. The molecule has 0 radical (unpaired) electrons. The number of rotatable bonds is 4. The average Bonchev–Trinajstić information content (AvgIpc) is 2.68. The summed E-state index contributed by atoms with van der Waals surface area (Å²) in [5.74, 6) is -1.34. The van der Waals surface area contributed by atoms with Gasteiger partial charge in [-0.05, 0) is 43.2 Å². The Morgan fingerprint density at radius 3 is 2.54 bits per heavy atom. The molecule has 0 saturated carbocycles. The van der Waals surface area contributed by atoms with Crippen molar-refractivity contribution in [3.63, 3.8) is 0 Å². The van der Waals surface area contributed by atoms with Gasteiger partial charge in [0.15, 0.2) is 0 Å². The number of likely N-dealkylation sites (tertiary alicyclic amines) is 1. The van der Waals surface area contributed by atoms with Gasteiger partial charge < -0.3 is 10.2 Å². The Kier molecular flexibility index (Phi) is 5.89. The van der Waals surface area contributed by atoms with Gasteiger partial charge in [-0.1, -0.05) is 17.7 Å². The van der Waals surface area contributed by atoms with Gasteiger partial charge in [0.05, 0.1) is 4.92 Å². The molecule has 7 nitrogen and oxygen atoms in total. The number of anilines is 1. The van der Waals surface area contributed by atoms with Crippen LogP contribution in [0.5, 0.6) is 0 Å². The van der Waals surface area contributed by atoms with Crippen molar-refractivity contribution in [1.29, 1.82) is 0 Å². The van der Waals surface area contributed by atoms with Gasteiger partial charge in [0.2, 0.25) is 5.91 Å². The van der Waals surface area contributed by atoms with Crippen molar-refractivity contribution in [2.75, 3.05) is 18.4 Å². The lowest BCUT2D eigenvalue weighted by molar-refractivity contribution is -0.384. The molecule has 1 heterocycles. The molecule has 0 unspecified atom stereocenters. The van der Waals surface area contributed by atoms with Crippen molar-refractivity contribution in [1.82, 2.24) is 4.90 Å². The third-order valence-corrected chi connectivity index (χ3v) is 4.95. The number of benzene rings is 2. The second kappa shape index (κ2) is 8.35. The fourth-order valence-electron chi connectivity index (χ4n) is 3.12. The number of carbonyl (C=O) groups excluding carboxylic acids is 2. The Bertz CT molecular complexity index is 929. The largest absolute Gasteiger partial charge is 0.339 e. The highest BCUT2D eigenvalue weighted by Crippen LogP contribution is 2.28. The van der Waals surface area contributed by atoms with Crippen LogP contribution in [-0.2, 0) is 4.79 Å². The average molecular weight is 406 g/mol. The van der Waals surface area contributed by atoms with Crippen LogP contribution in [0, 0.1) is 21.8 Å². The second-order valence-corrected chi connectivity index (χ2v) is 6.90. The number of carbonyl (C=O) groups is 2. The number of piperidine rings is 1. The van der Waals surface area contributed by atoms with Gasteiger partial charge in [-0.3, -0.25) is 19.7 Å². The molecule has 3 rings (SSSR count). The van der Waals surface area contributed by atoms with E-state index in [0.717, 1.165) is 0 Å². The first kappa shape index (κ1) is 19.8. The molecule has 146 valence electrons. The van der Waals surface area contributed by atoms with E-state index in [2.05, 4.69) is 5.32 Å². The Morgan fingerprint density at radius 2 is 1.89 bits per heavy atom. The molecule has 0 bridgehead atoms. The molecule has 0 aromatic heterocycles. The standard InChI is InChI=1S/C19H17ClFN3O4/c20-16-5-4-15(11-17(16)24(27)28)22-18(25)12-6-8-23(9-7-12)19(26)13-2-1-3-14(21)10-13/h1-5,10-12H,6-9H2,(H,22,25). The quantitative estimate of drug-likeness (QED) is 0.617.